The molecule has 192 valence electrons. The maximum absolute atomic E-state index is 12.3. The van der Waals surface area contributed by atoms with Gasteiger partial charge in [0, 0.05) is 18.2 Å². The number of hydrogen-bond donors (Lipinski definition) is 0. The predicted octanol–water partition coefficient (Wildman–Crippen LogP) is 2.50. The lowest BCUT2D eigenvalue weighted by atomic mass is 10.3. The third-order valence-electron chi connectivity index (χ3n) is 2.54. The molecule has 0 aliphatic rings. The number of rotatable bonds is 9. The van der Waals surface area contributed by atoms with E-state index in [1.54, 1.807) is 0 Å². The van der Waals surface area contributed by atoms with E-state index in [0.717, 1.165) is 0 Å². The van der Waals surface area contributed by atoms with Gasteiger partial charge in [-0.3, -0.25) is 0 Å². The van der Waals surface area contributed by atoms with Gasteiger partial charge in [0.25, 0.3) is 0 Å². The van der Waals surface area contributed by atoms with Crippen LogP contribution in [0.15, 0.2) is 18.2 Å². The van der Waals surface area contributed by atoms with Gasteiger partial charge in [-0.25, -0.2) is 0 Å². The SMILES string of the molecule is O=S(=O)(CC(F)(F)F)Oc1cc(OS(=O)(=O)CC(F)(F)F)cc(OS(=O)(=O)CC(F)(F)F)c1. The fourth-order valence-corrected chi connectivity index (χ4v) is 4.37. The zero-order valence-electron chi connectivity index (χ0n) is 15.2. The van der Waals surface area contributed by atoms with Gasteiger partial charge in [-0.1, -0.05) is 0 Å². The highest BCUT2D eigenvalue weighted by Crippen LogP contribution is 2.33. The van der Waals surface area contributed by atoms with Crippen LogP contribution >= 0.6 is 0 Å². The summed E-state index contributed by atoms with van der Waals surface area (Å²) in [5.41, 5.74) is 0. The van der Waals surface area contributed by atoms with E-state index < -0.39 is 83.4 Å². The molecule has 0 amide bonds. The van der Waals surface area contributed by atoms with Crippen LogP contribution in [-0.4, -0.2) is 61.0 Å². The molecule has 33 heavy (non-hydrogen) atoms. The van der Waals surface area contributed by atoms with Crippen LogP contribution in [0.2, 0.25) is 0 Å². The van der Waals surface area contributed by atoms with E-state index in [4.69, 9.17) is 0 Å². The molecule has 0 aromatic heterocycles. The lowest BCUT2D eigenvalue weighted by molar-refractivity contribution is -0.108. The molecule has 1 aromatic rings. The van der Waals surface area contributed by atoms with Crippen LogP contribution in [0.1, 0.15) is 0 Å². The molecule has 21 heteroatoms. The van der Waals surface area contributed by atoms with Gasteiger partial charge in [-0.15, -0.1) is 0 Å². The molecule has 0 unspecified atom stereocenters. The summed E-state index contributed by atoms with van der Waals surface area (Å²) in [7, 11) is -16.7. The van der Waals surface area contributed by atoms with Gasteiger partial charge in [0.15, 0.2) is 17.3 Å². The van der Waals surface area contributed by atoms with Crippen LogP contribution in [0.3, 0.4) is 0 Å². The highest BCUT2D eigenvalue weighted by molar-refractivity contribution is 7.87. The summed E-state index contributed by atoms with van der Waals surface area (Å²) >= 11 is 0. The number of benzene rings is 1. The van der Waals surface area contributed by atoms with Gasteiger partial charge < -0.3 is 12.5 Å². The van der Waals surface area contributed by atoms with Crippen LogP contribution in [0.25, 0.3) is 0 Å². The molecule has 0 aliphatic carbocycles. The average Bonchev–Trinajstić information content (AvgIpc) is 2.35. The van der Waals surface area contributed by atoms with E-state index in [0.29, 0.717) is 0 Å². The molecule has 1 aromatic carbocycles. The summed E-state index contributed by atoms with van der Waals surface area (Å²) in [6.07, 6.45) is -16.1. The van der Waals surface area contributed by atoms with Crippen LogP contribution in [0.5, 0.6) is 17.2 Å². The molecule has 0 radical (unpaired) electrons. The normalized spacial score (nSPS) is 14.1. The third-order valence-corrected chi connectivity index (χ3v) is 5.93. The number of alkyl halides is 9. The number of hydrogen-bond acceptors (Lipinski definition) is 9. The van der Waals surface area contributed by atoms with Crippen molar-refractivity contribution < 1.29 is 77.3 Å². The first-order valence-electron chi connectivity index (χ1n) is 7.47. The summed E-state index contributed by atoms with van der Waals surface area (Å²) in [5.74, 6) is -12.1. The Balaban J connectivity index is 3.42. The molecule has 1 rings (SSSR count). The van der Waals surface area contributed by atoms with E-state index in [1.165, 1.54) is 0 Å². The smallest absolute Gasteiger partial charge is 0.382 e. The summed E-state index contributed by atoms with van der Waals surface area (Å²) in [4.78, 5) is 0. The minimum absolute atomic E-state index is 0.102. The van der Waals surface area contributed by atoms with E-state index in [2.05, 4.69) is 12.5 Å². The molecule has 0 fully saturated rings. The highest BCUT2D eigenvalue weighted by Gasteiger charge is 2.39. The predicted molar refractivity (Wildman–Crippen MR) is 87.9 cm³/mol. The van der Waals surface area contributed by atoms with Crippen molar-refractivity contribution in [3.05, 3.63) is 18.2 Å². The Morgan fingerprint density at radius 1 is 0.485 bits per heavy atom. The summed E-state index contributed by atoms with van der Waals surface area (Å²) in [5, 5.41) is 0. The Kier molecular flexibility index (Phi) is 8.08. The first-order valence-corrected chi connectivity index (χ1v) is 12.2. The van der Waals surface area contributed by atoms with Gasteiger partial charge in [0.2, 0.25) is 0 Å². The summed E-state index contributed by atoms with van der Waals surface area (Å²) in [6.45, 7) is 0. The van der Waals surface area contributed by atoms with Gasteiger partial charge >= 0.3 is 48.9 Å². The zero-order valence-corrected chi connectivity index (χ0v) is 17.6. The molecule has 0 heterocycles. The van der Waals surface area contributed by atoms with Gasteiger partial charge in [-0.05, 0) is 0 Å². The fraction of sp³-hybridized carbons (Fsp3) is 0.500. The summed E-state index contributed by atoms with van der Waals surface area (Å²) in [6, 6.07) is 0.307. The van der Waals surface area contributed by atoms with E-state index in [9.17, 15) is 64.8 Å². The quantitative estimate of drug-likeness (QED) is 0.328. The maximum Gasteiger partial charge on any atom is 0.406 e. The maximum atomic E-state index is 12.3. The lowest BCUT2D eigenvalue weighted by Gasteiger charge is -2.14. The van der Waals surface area contributed by atoms with E-state index >= 15 is 0 Å². The Bertz CT molecular complexity index is 1010. The second kappa shape index (κ2) is 9.24. The zero-order chi connectivity index (χ0) is 26.1. The van der Waals surface area contributed by atoms with Crippen molar-refractivity contribution in [1.29, 1.82) is 0 Å². The molecule has 0 N–H and O–H groups in total. The van der Waals surface area contributed by atoms with Gasteiger partial charge in [0.1, 0.15) is 17.2 Å². The Morgan fingerprint density at radius 2 is 0.667 bits per heavy atom. The van der Waals surface area contributed by atoms with Crippen molar-refractivity contribution in [2.75, 3.05) is 17.3 Å². The minimum Gasteiger partial charge on any atom is -0.382 e. The standard InChI is InChI=1S/C12H9F9O9S3/c13-10(14,15)4-31(22,23)28-7-1-8(29-32(24,25)5-11(16,17)18)3-9(2-7)30-33(26,27)6-12(19,20)21/h1-3H,4-6H2. The van der Waals surface area contributed by atoms with E-state index in [1.807, 2.05) is 0 Å². The van der Waals surface area contributed by atoms with Gasteiger partial charge in [-0.2, -0.15) is 64.8 Å². The molecule has 0 spiro atoms. The van der Waals surface area contributed by atoms with Crippen LogP contribution in [0.4, 0.5) is 39.5 Å². The number of halogens is 9. The molecule has 0 saturated heterocycles. The molecule has 0 saturated carbocycles. The van der Waals surface area contributed by atoms with Crippen LogP contribution < -0.4 is 12.5 Å². The van der Waals surface area contributed by atoms with Crippen molar-refractivity contribution in [3.63, 3.8) is 0 Å². The van der Waals surface area contributed by atoms with Crippen molar-refractivity contribution in [2.24, 2.45) is 0 Å². The van der Waals surface area contributed by atoms with Crippen molar-refractivity contribution >= 4 is 30.4 Å². The average molecular weight is 564 g/mol. The Hall–Kier alpha value is -2.16. The molecule has 9 nitrogen and oxygen atoms in total. The van der Waals surface area contributed by atoms with E-state index in [-0.39, 0.29) is 18.2 Å². The Morgan fingerprint density at radius 3 is 0.818 bits per heavy atom. The van der Waals surface area contributed by atoms with Crippen molar-refractivity contribution in [2.45, 2.75) is 18.5 Å². The first-order chi connectivity index (χ1) is 14.4. The third kappa shape index (κ3) is 12.6. The largest absolute Gasteiger partial charge is 0.406 e. The fourth-order valence-electron chi connectivity index (χ4n) is 1.82. The molecule has 0 bridgehead atoms. The summed E-state index contributed by atoms with van der Waals surface area (Å²) < 4.78 is 191. The molecular weight excluding hydrogens is 555 g/mol. The Labute approximate surface area is 179 Å². The minimum atomic E-state index is -5.57. The highest BCUT2D eigenvalue weighted by atomic mass is 32.2. The lowest BCUT2D eigenvalue weighted by Crippen LogP contribution is -2.27. The van der Waals surface area contributed by atoms with Crippen LogP contribution in [-0.2, 0) is 30.4 Å². The first kappa shape index (κ1) is 28.9. The monoisotopic (exact) mass is 564 g/mol. The molecular formula is C12H9F9O9S3. The van der Waals surface area contributed by atoms with Crippen molar-refractivity contribution in [3.8, 4) is 17.2 Å². The van der Waals surface area contributed by atoms with Crippen molar-refractivity contribution in [1.82, 2.24) is 0 Å². The second-order valence-electron chi connectivity index (χ2n) is 5.84. The second-order valence-corrected chi connectivity index (χ2v) is 10.6. The van der Waals surface area contributed by atoms with Crippen LogP contribution in [0, 0.1) is 0 Å². The molecule has 0 atom stereocenters. The topological polar surface area (TPSA) is 130 Å². The molecule has 0 aliphatic heterocycles. The van der Waals surface area contributed by atoms with Gasteiger partial charge in [0.05, 0.1) is 0 Å².